The van der Waals surface area contributed by atoms with Crippen molar-refractivity contribution in [1.29, 1.82) is 0 Å². The average Bonchev–Trinajstić information content (AvgIpc) is 2.41. The van der Waals surface area contributed by atoms with E-state index in [1.807, 2.05) is 14.1 Å². The fourth-order valence-electron chi connectivity index (χ4n) is 2.71. The van der Waals surface area contributed by atoms with Crippen molar-refractivity contribution in [3.05, 3.63) is 0 Å². The monoisotopic (exact) mass is 365 g/mol. The van der Waals surface area contributed by atoms with Crippen molar-refractivity contribution in [3.8, 4) is 0 Å². The number of quaternary nitrogens is 1. The van der Waals surface area contributed by atoms with E-state index in [0.29, 0.717) is 49.7 Å². The summed E-state index contributed by atoms with van der Waals surface area (Å²) in [7, 11) is -0.308. The number of nitrogens with zero attached hydrogens (tertiary/aromatic N) is 1. The summed E-state index contributed by atoms with van der Waals surface area (Å²) in [5.74, 6) is -1.91. The summed E-state index contributed by atoms with van der Waals surface area (Å²) in [6.45, 7) is 4.83. The third-order valence-corrected chi connectivity index (χ3v) is 5.16. The molecule has 0 spiro atoms. The average molecular weight is 365 g/mol. The van der Waals surface area contributed by atoms with Gasteiger partial charge in [-0.25, -0.2) is 8.42 Å². The van der Waals surface area contributed by atoms with E-state index in [1.165, 1.54) is 0 Å². The fourth-order valence-corrected chi connectivity index (χ4v) is 3.19. The molecule has 0 saturated heterocycles. The Morgan fingerprint density at radius 3 is 2.17 bits per heavy atom. The molecule has 0 saturated carbocycles. The molecule has 0 aliphatic heterocycles. The van der Waals surface area contributed by atoms with Gasteiger partial charge in [0, 0.05) is 30.9 Å². The predicted molar refractivity (Wildman–Crippen MR) is 90.5 cm³/mol. The summed E-state index contributed by atoms with van der Waals surface area (Å²) in [5, 5.41) is 9.05. The summed E-state index contributed by atoms with van der Waals surface area (Å²) in [5.41, 5.74) is 0. The van der Waals surface area contributed by atoms with E-state index in [9.17, 15) is 22.6 Å². The van der Waals surface area contributed by atoms with Crippen molar-refractivity contribution in [2.24, 2.45) is 11.8 Å². The number of ketones is 1. The molecule has 2 atom stereocenters. The summed E-state index contributed by atoms with van der Waals surface area (Å²) in [6, 6.07) is 0. The second-order valence-corrected chi connectivity index (χ2v) is 8.67. The minimum atomic E-state index is -4.17. The zero-order valence-corrected chi connectivity index (χ0v) is 16.0. The molecule has 0 fully saturated rings. The second kappa shape index (κ2) is 10.1. The maximum atomic E-state index is 12.1. The van der Waals surface area contributed by atoms with Crippen LogP contribution in [0.2, 0.25) is 0 Å². The van der Waals surface area contributed by atoms with Crippen molar-refractivity contribution in [1.82, 2.24) is 0 Å². The zero-order valence-electron chi connectivity index (χ0n) is 15.2. The molecule has 0 aliphatic carbocycles. The van der Waals surface area contributed by atoms with E-state index in [4.69, 9.17) is 5.11 Å². The summed E-state index contributed by atoms with van der Waals surface area (Å²) >= 11 is 0. The number of carbonyl (C=O) groups is 2. The number of carbonyl (C=O) groups excluding carboxylic acids is 1. The zero-order chi connectivity index (χ0) is 19.0. The van der Waals surface area contributed by atoms with Gasteiger partial charge in [-0.05, 0) is 12.8 Å². The van der Waals surface area contributed by atoms with E-state index in [1.54, 1.807) is 13.8 Å². The van der Waals surface area contributed by atoms with Crippen LogP contribution in [0.3, 0.4) is 0 Å². The lowest BCUT2D eigenvalue weighted by molar-refractivity contribution is -0.890. The Morgan fingerprint density at radius 2 is 1.71 bits per heavy atom. The quantitative estimate of drug-likeness (QED) is 0.391. The van der Waals surface area contributed by atoms with Crippen molar-refractivity contribution < 1.29 is 32.1 Å². The van der Waals surface area contributed by atoms with Crippen LogP contribution in [0.15, 0.2) is 0 Å². The minimum Gasteiger partial charge on any atom is -0.748 e. The lowest BCUT2D eigenvalue weighted by Gasteiger charge is -2.30. The van der Waals surface area contributed by atoms with Crippen LogP contribution in [0, 0.1) is 11.8 Å². The van der Waals surface area contributed by atoms with Gasteiger partial charge in [0.1, 0.15) is 5.78 Å². The molecule has 0 heterocycles. The van der Waals surface area contributed by atoms with Gasteiger partial charge in [-0.1, -0.05) is 13.8 Å². The first-order valence-electron chi connectivity index (χ1n) is 8.39. The van der Waals surface area contributed by atoms with E-state index in [2.05, 4.69) is 0 Å². The normalized spacial score (nSPS) is 15.0. The molecule has 2 unspecified atom stereocenters. The second-order valence-electron chi connectivity index (χ2n) is 7.15. The lowest BCUT2D eigenvalue weighted by Crippen LogP contribution is -2.42. The highest BCUT2D eigenvalue weighted by Crippen LogP contribution is 2.18. The van der Waals surface area contributed by atoms with E-state index >= 15 is 0 Å². The van der Waals surface area contributed by atoms with Gasteiger partial charge in [0.25, 0.3) is 0 Å². The van der Waals surface area contributed by atoms with Crippen LogP contribution in [0.25, 0.3) is 0 Å². The van der Waals surface area contributed by atoms with Gasteiger partial charge in [-0.15, -0.1) is 0 Å². The molecule has 24 heavy (non-hydrogen) atoms. The molecule has 0 aliphatic rings. The van der Waals surface area contributed by atoms with Gasteiger partial charge >= 0.3 is 5.97 Å². The molecule has 0 radical (unpaired) electrons. The molecule has 0 amide bonds. The molecule has 0 bridgehead atoms. The Balaban J connectivity index is 4.19. The fraction of sp³-hybridized carbons (Fsp3) is 0.875. The molecule has 0 rings (SSSR count). The van der Waals surface area contributed by atoms with Crippen LogP contribution in [0.1, 0.15) is 46.0 Å². The van der Waals surface area contributed by atoms with Gasteiger partial charge in [0.05, 0.1) is 43.2 Å². The molecular weight excluding hydrogens is 334 g/mol. The van der Waals surface area contributed by atoms with Crippen LogP contribution >= 0.6 is 0 Å². The maximum absolute atomic E-state index is 12.1. The largest absolute Gasteiger partial charge is 0.748 e. The molecule has 0 aromatic carbocycles. The van der Waals surface area contributed by atoms with Gasteiger partial charge in [-0.2, -0.15) is 0 Å². The first-order chi connectivity index (χ1) is 10.9. The molecule has 7 nitrogen and oxygen atoms in total. The maximum Gasteiger partial charge on any atom is 0.306 e. The molecular formula is C16H31NO6S. The topological polar surface area (TPSA) is 112 Å². The van der Waals surface area contributed by atoms with Crippen molar-refractivity contribution in [2.75, 3.05) is 32.9 Å². The van der Waals surface area contributed by atoms with E-state index in [0.717, 1.165) is 0 Å². The van der Waals surface area contributed by atoms with Gasteiger partial charge in [0.15, 0.2) is 0 Å². The Labute approximate surface area is 145 Å². The van der Waals surface area contributed by atoms with Crippen LogP contribution in [-0.4, -0.2) is 67.3 Å². The lowest BCUT2D eigenvalue weighted by atomic mass is 9.89. The Hall–Kier alpha value is -0.990. The number of rotatable bonds is 13. The van der Waals surface area contributed by atoms with Crippen molar-refractivity contribution in [2.45, 2.75) is 46.0 Å². The number of carboxylic acids is 1. The van der Waals surface area contributed by atoms with Crippen LogP contribution in [0.4, 0.5) is 0 Å². The van der Waals surface area contributed by atoms with Gasteiger partial charge in [0.2, 0.25) is 0 Å². The Kier molecular flexibility index (Phi) is 9.69. The van der Waals surface area contributed by atoms with Crippen LogP contribution in [-0.2, 0) is 19.7 Å². The van der Waals surface area contributed by atoms with Crippen molar-refractivity contribution in [3.63, 3.8) is 0 Å². The molecule has 8 heteroatoms. The number of Topliss-reactive ketones (excluding diaryl/α,β-unsaturated/α-hetero) is 1. The third kappa shape index (κ3) is 10.7. The Morgan fingerprint density at radius 1 is 1.17 bits per heavy atom. The van der Waals surface area contributed by atoms with Crippen molar-refractivity contribution >= 4 is 21.9 Å². The standard InChI is InChI=1S/C16H31NO6S/c1-5-14(16(19)20)12-13(2)15(18)8-6-9-17(3,4)10-7-11-24(21,22)23/h13-14H,5-12H2,1-4H3,(H-,19,20,21,22,23). The van der Waals surface area contributed by atoms with Crippen LogP contribution in [0.5, 0.6) is 0 Å². The first kappa shape index (κ1) is 23.0. The smallest absolute Gasteiger partial charge is 0.306 e. The highest BCUT2D eigenvalue weighted by atomic mass is 32.2. The first-order valence-corrected chi connectivity index (χ1v) is 9.96. The molecule has 1 N–H and O–H groups in total. The molecule has 142 valence electrons. The number of hydrogen-bond acceptors (Lipinski definition) is 5. The van der Waals surface area contributed by atoms with Gasteiger partial charge in [-0.3, -0.25) is 9.59 Å². The molecule has 0 aromatic rings. The third-order valence-electron chi connectivity index (χ3n) is 4.37. The predicted octanol–water partition coefficient (Wildman–Crippen LogP) is 1.48. The summed E-state index contributed by atoms with van der Waals surface area (Å²) < 4.78 is 32.4. The van der Waals surface area contributed by atoms with E-state index < -0.39 is 22.0 Å². The minimum absolute atomic E-state index is 0.0665. The van der Waals surface area contributed by atoms with Gasteiger partial charge < -0.3 is 14.1 Å². The number of aliphatic carboxylic acids is 1. The SMILES string of the molecule is CCC(CC(C)C(=O)CCC[N+](C)(C)CCCS(=O)(=O)[O-])C(=O)O. The van der Waals surface area contributed by atoms with E-state index in [-0.39, 0.29) is 17.5 Å². The molecule has 0 aromatic heterocycles. The summed E-state index contributed by atoms with van der Waals surface area (Å²) in [6.07, 6.45) is 2.23. The highest BCUT2D eigenvalue weighted by molar-refractivity contribution is 7.85. The highest BCUT2D eigenvalue weighted by Gasteiger charge is 2.23. The number of carboxylic acid groups (broad SMARTS) is 1. The number of hydrogen-bond donors (Lipinski definition) is 1. The summed E-state index contributed by atoms with van der Waals surface area (Å²) in [4.78, 5) is 23.2. The van der Waals surface area contributed by atoms with Crippen LogP contribution < -0.4 is 0 Å². The Bertz CT molecular complexity index is 515.